The maximum atomic E-state index is 11.3. The van der Waals surface area contributed by atoms with E-state index in [0.29, 0.717) is 3.57 Å². The van der Waals surface area contributed by atoms with Gasteiger partial charge >= 0.3 is 5.97 Å². The van der Waals surface area contributed by atoms with Gasteiger partial charge in [0.2, 0.25) is 0 Å². The molecule has 0 unspecified atom stereocenters. The number of carboxylic acid groups (broad SMARTS) is 1. The number of carbonyl (C=O) groups is 1. The molecular formula is C14H14BrIN2O2. The highest BCUT2D eigenvalue weighted by Crippen LogP contribution is 2.33. The minimum absolute atomic E-state index is 0.0891. The predicted octanol–water partition coefficient (Wildman–Crippen LogP) is 4.24. The zero-order valence-electron chi connectivity index (χ0n) is 11.3. The maximum Gasteiger partial charge on any atom is 0.357 e. The molecule has 1 aromatic carbocycles. The number of aromatic nitrogens is 2. The van der Waals surface area contributed by atoms with Crippen molar-refractivity contribution in [1.29, 1.82) is 0 Å². The molecule has 0 aliphatic rings. The highest BCUT2D eigenvalue weighted by atomic mass is 127. The molecule has 0 aliphatic heterocycles. The van der Waals surface area contributed by atoms with E-state index in [0.717, 1.165) is 15.9 Å². The third-order valence-corrected chi connectivity index (χ3v) is 4.51. The van der Waals surface area contributed by atoms with Gasteiger partial charge in [-0.15, -0.1) is 0 Å². The van der Waals surface area contributed by atoms with Gasteiger partial charge in [-0.05, 0) is 50.7 Å². The Labute approximate surface area is 139 Å². The van der Waals surface area contributed by atoms with Crippen LogP contribution in [0, 0.1) is 3.57 Å². The molecule has 0 bridgehead atoms. The van der Waals surface area contributed by atoms with Crippen molar-refractivity contribution in [3.63, 3.8) is 0 Å². The average molecular weight is 449 g/mol. The lowest BCUT2D eigenvalue weighted by molar-refractivity contribution is 0.0689. The van der Waals surface area contributed by atoms with Gasteiger partial charge in [0, 0.05) is 9.89 Å². The van der Waals surface area contributed by atoms with Crippen molar-refractivity contribution >= 4 is 44.5 Å². The van der Waals surface area contributed by atoms with E-state index >= 15 is 0 Å². The summed E-state index contributed by atoms with van der Waals surface area (Å²) < 4.78 is 3.27. The Hall–Kier alpha value is -0.890. The second kappa shape index (κ2) is 5.48. The SMILES string of the molecule is CC(C)(C)c1c(I)c(C(=O)O)nn1-c1ccccc1Br. The Morgan fingerprint density at radius 2 is 1.95 bits per heavy atom. The van der Waals surface area contributed by atoms with Crippen LogP contribution in [0.3, 0.4) is 0 Å². The van der Waals surface area contributed by atoms with Crippen molar-refractivity contribution in [2.24, 2.45) is 0 Å². The second-order valence-corrected chi connectivity index (χ2v) is 7.36. The minimum Gasteiger partial charge on any atom is -0.476 e. The van der Waals surface area contributed by atoms with Crippen molar-refractivity contribution in [2.75, 3.05) is 0 Å². The van der Waals surface area contributed by atoms with E-state index in [4.69, 9.17) is 0 Å². The standard InChI is InChI=1S/C14H14BrIN2O2/c1-14(2,3)12-10(16)11(13(19)20)17-18(12)9-7-5-4-6-8(9)15/h4-7H,1-3H3,(H,19,20). The van der Waals surface area contributed by atoms with Crippen molar-refractivity contribution in [3.8, 4) is 5.69 Å². The Morgan fingerprint density at radius 1 is 1.35 bits per heavy atom. The van der Waals surface area contributed by atoms with E-state index in [9.17, 15) is 9.90 Å². The Balaban J connectivity index is 2.80. The topological polar surface area (TPSA) is 55.1 Å². The molecule has 0 fully saturated rings. The number of carboxylic acids is 1. The predicted molar refractivity (Wildman–Crippen MR) is 89.6 cm³/mol. The third-order valence-electron chi connectivity index (χ3n) is 2.82. The number of benzene rings is 1. The summed E-state index contributed by atoms with van der Waals surface area (Å²) in [6, 6.07) is 7.64. The van der Waals surface area contributed by atoms with E-state index in [1.54, 1.807) is 4.68 Å². The summed E-state index contributed by atoms with van der Waals surface area (Å²) >= 11 is 5.56. The smallest absolute Gasteiger partial charge is 0.357 e. The highest BCUT2D eigenvalue weighted by molar-refractivity contribution is 14.1. The first-order chi connectivity index (χ1) is 9.23. The molecule has 4 nitrogen and oxygen atoms in total. The van der Waals surface area contributed by atoms with Gasteiger partial charge in [-0.25, -0.2) is 9.48 Å². The first-order valence-electron chi connectivity index (χ1n) is 6.00. The Kier molecular flexibility index (Phi) is 4.24. The fraction of sp³-hybridized carbons (Fsp3) is 0.286. The summed E-state index contributed by atoms with van der Waals surface area (Å²) in [5.41, 5.74) is 1.60. The molecule has 0 atom stereocenters. The summed E-state index contributed by atoms with van der Waals surface area (Å²) in [4.78, 5) is 11.3. The number of para-hydroxylation sites is 1. The van der Waals surface area contributed by atoms with Gasteiger partial charge in [0.05, 0.1) is 15.0 Å². The summed E-state index contributed by atoms with van der Waals surface area (Å²) in [5.74, 6) is -1.01. The molecule has 1 N–H and O–H groups in total. The molecule has 106 valence electrons. The monoisotopic (exact) mass is 448 g/mol. The molecule has 0 amide bonds. The van der Waals surface area contributed by atoms with E-state index in [1.807, 2.05) is 45.0 Å². The summed E-state index contributed by atoms with van der Waals surface area (Å²) in [5, 5.41) is 13.6. The van der Waals surface area contributed by atoms with Gasteiger partial charge in [-0.2, -0.15) is 5.10 Å². The minimum atomic E-state index is -1.01. The molecule has 2 rings (SSSR count). The first kappa shape index (κ1) is 15.5. The van der Waals surface area contributed by atoms with Gasteiger partial charge < -0.3 is 5.11 Å². The molecular weight excluding hydrogens is 435 g/mol. The maximum absolute atomic E-state index is 11.3. The number of nitrogens with zero attached hydrogens (tertiary/aromatic N) is 2. The lowest BCUT2D eigenvalue weighted by Crippen LogP contribution is -2.19. The zero-order chi connectivity index (χ0) is 15.1. The van der Waals surface area contributed by atoms with E-state index in [-0.39, 0.29) is 11.1 Å². The second-order valence-electron chi connectivity index (χ2n) is 5.43. The van der Waals surface area contributed by atoms with Crippen LogP contribution in [-0.4, -0.2) is 20.9 Å². The van der Waals surface area contributed by atoms with Crippen LogP contribution in [-0.2, 0) is 5.41 Å². The van der Waals surface area contributed by atoms with Crippen LogP contribution in [0.25, 0.3) is 5.69 Å². The number of hydrogen-bond donors (Lipinski definition) is 1. The van der Waals surface area contributed by atoms with Gasteiger partial charge in [-0.3, -0.25) is 0 Å². The first-order valence-corrected chi connectivity index (χ1v) is 7.88. The van der Waals surface area contributed by atoms with Crippen molar-refractivity contribution in [3.05, 3.63) is 43.7 Å². The average Bonchev–Trinajstić information content (AvgIpc) is 2.67. The number of halogens is 2. The molecule has 1 heterocycles. The van der Waals surface area contributed by atoms with Crippen LogP contribution in [0.4, 0.5) is 0 Å². The van der Waals surface area contributed by atoms with Gasteiger partial charge in [-0.1, -0.05) is 32.9 Å². The number of aromatic carboxylic acids is 1. The molecule has 2 aromatic rings. The fourth-order valence-electron chi connectivity index (χ4n) is 1.98. The molecule has 0 aliphatic carbocycles. The third kappa shape index (κ3) is 2.76. The molecule has 1 aromatic heterocycles. The normalized spacial score (nSPS) is 11.7. The van der Waals surface area contributed by atoms with Crippen molar-refractivity contribution in [1.82, 2.24) is 9.78 Å². The quantitative estimate of drug-likeness (QED) is 0.699. The molecule has 0 spiro atoms. The Morgan fingerprint density at radius 3 is 2.45 bits per heavy atom. The van der Waals surface area contributed by atoms with Crippen LogP contribution in [0.1, 0.15) is 37.0 Å². The molecule has 0 saturated carbocycles. The molecule has 0 saturated heterocycles. The van der Waals surface area contributed by atoms with E-state index in [2.05, 4.69) is 43.6 Å². The molecule has 20 heavy (non-hydrogen) atoms. The number of hydrogen-bond acceptors (Lipinski definition) is 2. The highest BCUT2D eigenvalue weighted by Gasteiger charge is 2.29. The van der Waals surface area contributed by atoms with Crippen molar-refractivity contribution in [2.45, 2.75) is 26.2 Å². The Bertz CT molecular complexity index is 674. The zero-order valence-corrected chi connectivity index (χ0v) is 15.1. The van der Waals surface area contributed by atoms with Gasteiger partial charge in [0.25, 0.3) is 0 Å². The van der Waals surface area contributed by atoms with Crippen LogP contribution < -0.4 is 0 Å². The summed E-state index contributed by atoms with van der Waals surface area (Å²) in [7, 11) is 0. The van der Waals surface area contributed by atoms with Crippen LogP contribution >= 0.6 is 38.5 Å². The van der Waals surface area contributed by atoms with Crippen LogP contribution in [0.15, 0.2) is 28.7 Å². The van der Waals surface area contributed by atoms with Gasteiger partial charge in [0.15, 0.2) is 5.69 Å². The van der Waals surface area contributed by atoms with Crippen LogP contribution in [0.5, 0.6) is 0 Å². The van der Waals surface area contributed by atoms with E-state index < -0.39 is 5.97 Å². The number of rotatable bonds is 2. The lowest BCUT2D eigenvalue weighted by Gasteiger charge is -2.21. The lowest BCUT2D eigenvalue weighted by atomic mass is 9.91. The van der Waals surface area contributed by atoms with Crippen LogP contribution in [0.2, 0.25) is 0 Å². The molecule has 0 radical (unpaired) electrons. The largest absolute Gasteiger partial charge is 0.476 e. The summed E-state index contributed by atoms with van der Waals surface area (Å²) in [6.07, 6.45) is 0. The van der Waals surface area contributed by atoms with Gasteiger partial charge in [0.1, 0.15) is 0 Å². The molecule has 6 heteroatoms. The fourth-order valence-corrected chi connectivity index (χ4v) is 3.81. The van der Waals surface area contributed by atoms with E-state index in [1.165, 1.54) is 0 Å². The van der Waals surface area contributed by atoms with Crippen molar-refractivity contribution < 1.29 is 9.90 Å². The summed E-state index contributed by atoms with van der Waals surface area (Å²) in [6.45, 7) is 6.14.